The Morgan fingerprint density at radius 3 is 2.79 bits per heavy atom. The van der Waals surface area contributed by atoms with Crippen LogP contribution in [-0.4, -0.2) is 54.4 Å². The van der Waals surface area contributed by atoms with Gasteiger partial charge in [0, 0.05) is 28.5 Å². The minimum atomic E-state index is -0.707. The lowest BCUT2D eigenvalue weighted by atomic mass is 9.83. The first-order valence-corrected chi connectivity index (χ1v) is 13.8. The average molecular weight is 579 g/mol. The Morgan fingerprint density at radius 2 is 2.08 bits per heavy atom. The molecule has 0 saturated carbocycles. The van der Waals surface area contributed by atoms with Gasteiger partial charge in [-0.2, -0.15) is 5.10 Å². The van der Waals surface area contributed by atoms with Crippen LogP contribution >= 0.6 is 35.6 Å². The first-order chi connectivity index (χ1) is 17.7. The Hall–Kier alpha value is -2.19. The van der Waals surface area contributed by atoms with E-state index in [1.165, 1.54) is 5.57 Å². The van der Waals surface area contributed by atoms with Crippen LogP contribution in [-0.2, 0) is 4.79 Å². The topological polar surface area (TPSA) is 84.1 Å². The van der Waals surface area contributed by atoms with Crippen molar-refractivity contribution >= 4 is 58.3 Å². The molecule has 2 aromatic heterocycles. The number of allylic oxidation sites excluding steroid dienone is 1. The summed E-state index contributed by atoms with van der Waals surface area (Å²) in [5, 5.41) is 15.1. The summed E-state index contributed by atoms with van der Waals surface area (Å²) >= 11 is 12.6. The molecule has 3 heterocycles. The van der Waals surface area contributed by atoms with Crippen molar-refractivity contribution in [3.8, 4) is 0 Å². The van der Waals surface area contributed by atoms with Crippen molar-refractivity contribution in [1.29, 1.82) is 0 Å². The van der Waals surface area contributed by atoms with Gasteiger partial charge in [-0.3, -0.25) is 9.69 Å². The van der Waals surface area contributed by atoms with Gasteiger partial charge in [0.15, 0.2) is 5.65 Å². The highest BCUT2D eigenvalue weighted by molar-refractivity contribution is 6.35. The van der Waals surface area contributed by atoms with Gasteiger partial charge in [-0.1, -0.05) is 42.3 Å². The van der Waals surface area contributed by atoms with Gasteiger partial charge >= 0.3 is 5.97 Å². The van der Waals surface area contributed by atoms with Crippen molar-refractivity contribution in [2.24, 2.45) is 5.92 Å². The van der Waals surface area contributed by atoms with E-state index in [9.17, 15) is 4.79 Å². The molecule has 2 aliphatic rings. The number of hydrogen-bond donors (Lipinski definition) is 1. The summed E-state index contributed by atoms with van der Waals surface area (Å²) in [6.07, 6.45) is 9.24. The first-order valence-electron chi connectivity index (χ1n) is 13.1. The van der Waals surface area contributed by atoms with Gasteiger partial charge < -0.3 is 5.11 Å². The highest BCUT2D eigenvalue weighted by atomic mass is 35.5. The molecule has 1 saturated heterocycles. The van der Waals surface area contributed by atoms with E-state index in [4.69, 9.17) is 43.4 Å². The van der Waals surface area contributed by atoms with Crippen molar-refractivity contribution in [3.63, 3.8) is 0 Å². The van der Waals surface area contributed by atoms with Crippen LogP contribution in [0.15, 0.2) is 30.5 Å². The molecule has 10 heteroatoms. The van der Waals surface area contributed by atoms with E-state index in [-0.39, 0.29) is 24.9 Å². The summed E-state index contributed by atoms with van der Waals surface area (Å²) in [7, 11) is 0. The number of aryl methyl sites for hydroxylation is 1. The summed E-state index contributed by atoms with van der Waals surface area (Å²) < 4.78 is 1.91. The van der Waals surface area contributed by atoms with E-state index in [2.05, 4.69) is 24.8 Å². The minimum absolute atomic E-state index is 0. The maximum Gasteiger partial charge on any atom is 0.303 e. The van der Waals surface area contributed by atoms with Gasteiger partial charge in [0.25, 0.3) is 0 Å². The average Bonchev–Trinajstić information content (AvgIpc) is 3.46. The molecule has 5 rings (SSSR count). The largest absolute Gasteiger partial charge is 0.481 e. The fourth-order valence-electron chi connectivity index (χ4n) is 6.08. The third-order valence-corrected chi connectivity index (χ3v) is 8.59. The second-order valence-electron chi connectivity index (χ2n) is 10.5. The molecule has 1 fully saturated rings. The maximum atomic E-state index is 11.1. The fourth-order valence-corrected chi connectivity index (χ4v) is 6.64. The summed E-state index contributed by atoms with van der Waals surface area (Å²) in [5.41, 5.74) is 5.40. The lowest BCUT2D eigenvalue weighted by Gasteiger charge is -2.39. The Bertz CT molecular complexity index is 1360. The number of hydrogen-bond acceptors (Lipinski definition) is 5. The zero-order chi connectivity index (χ0) is 26.3. The van der Waals surface area contributed by atoms with Gasteiger partial charge in [-0.05, 0) is 81.7 Å². The molecule has 0 radical (unpaired) electrons. The molecule has 1 N–H and O–H groups in total. The zero-order valence-corrected chi connectivity index (χ0v) is 24.2. The molecular formula is C28H34Cl3N5O2. The monoisotopic (exact) mass is 577 g/mol. The number of rotatable bonds is 7. The molecule has 1 aliphatic carbocycles. The third kappa shape index (κ3) is 5.71. The second-order valence-corrected chi connectivity index (χ2v) is 11.3. The van der Waals surface area contributed by atoms with Crippen LogP contribution in [0.25, 0.3) is 16.7 Å². The predicted molar refractivity (Wildman–Crippen MR) is 154 cm³/mol. The molecule has 1 aliphatic heterocycles. The molecule has 0 spiro atoms. The molecule has 1 unspecified atom stereocenters. The number of nitrogens with zero attached hydrogens (tertiary/aromatic N) is 5. The second kappa shape index (κ2) is 11.9. The number of carboxylic acids is 1. The molecule has 1 aromatic carbocycles. The van der Waals surface area contributed by atoms with Gasteiger partial charge in [-0.15, -0.1) is 12.4 Å². The van der Waals surface area contributed by atoms with E-state index >= 15 is 0 Å². The van der Waals surface area contributed by atoms with E-state index in [1.54, 1.807) is 6.07 Å². The standard InChI is InChI=1S/C28H33Cl2N5O2.ClH/c1-16-13-19(6-10-25(16)34-12-4-5-21(34)8-11-26(36)37)24-15-31-27-17(2)33-35(28(27)32-24)18(3)22-9-7-20(29)14-23(22)30;/h6-7,9,14-16,18,21,25H,4-5,8,10-13H2,1-3H3,(H,36,37);1H/t16-,18-,21+,25?;/m1./s1. The van der Waals surface area contributed by atoms with Crippen molar-refractivity contribution < 1.29 is 9.90 Å². The predicted octanol–water partition coefficient (Wildman–Crippen LogP) is 6.98. The number of carbonyl (C=O) groups is 1. The van der Waals surface area contributed by atoms with Crippen molar-refractivity contribution in [2.75, 3.05) is 6.54 Å². The van der Waals surface area contributed by atoms with Crippen molar-refractivity contribution in [1.82, 2.24) is 24.6 Å². The van der Waals surface area contributed by atoms with Crippen molar-refractivity contribution in [3.05, 3.63) is 57.5 Å². The molecule has 3 aromatic rings. The molecular weight excluding hydrogens is 545 g/mol. The van der Waals surface area contributed by atoms with E-state index in [0.29, 0.717) is 28.0 Å². The third-order valence-electron chi connectivity index (χ3n) is 8.02. The lowest BCUT2D eigenvalue weighted by molar-refractivity contribution is -0.137. The van der Waals surface area contributed by atoms with Gasteiger partial charge in [0.2, 0.25) is 0 Å². The molecule has 0 bridgehead atoms. The van der Waals surface area contributed by atoms with Crippen LogP contribution in [0.5, 0.6) is 0 Å². The summed E-state index contributed by atoms with van der Waals surface area (Å²) in [4.78, 5) is 23.5. The highest BCUT2D eigenvalue weighted by Crippen LogP contribution is 2.37. The molecule has 0 amide bonds. The lowest BCUT2D eigenvalue weighted by Crippen LogP contribution is -2.44. The van der Waals surface area contributed by atoms with Crippen LogP contribution < -0.4 is 0 Å². The Kier molecular flexibility index (Phi) is 9.03. The molecule has 204 valence electrons. The smallest absolute Gasteiger partial charge is 0.303 e. The van der Waals surface area contributed by atoms with Crippen LogP contribution in [0.3, 0.4) is 0 Å². The SMILES string of the molecule is Cc1nn([C@H](C)c2ccc(Cl)cc2Cl)c2nc(C3=CCC(N4CCC[C@H]4CCC(=O)O)[C@H](C)C3)cnc12.Cl. The molecule has 38 heavy (non-hydrogen) atoms. The van der Waals surface area contributed by atoms with Crippen LogP contribution in [0.1, 0.15) is 75.4 Å². The number of aliphatic carboxylic acids is 1. The first kappa shape index (κ1) is 28.8. The number of fused-ring (bicyclic) bond motifs is 1. The van der Waals surface area contributed by atoms with Gasteiger partial charge in [0.05, 0.1) is 23.6 Å². The van der Waals surface area contributed by atoms with Crippen molar-refractivity contribution in [2.45, 2.75) is 77.4 Å². The van der Waals surface area contributed by atoms with Crippen LogP contribution in [0, 0.1) is 12.8 Å². The summed E-state index contributed by atoms with van der Waals surface area (Å²) in [6.45, 7) is 7.36. The van der Waals surface area contributed by atoms with E-state index in [0.717, 1.165) is 66.8 Å². The van der Waals surface area contributed by atoms with Crippen LogP contribution in [0.4, 0.5) is 0 Å². The highest BCUT2D eigenvalue weighted by Gasteiger charge is 2.35. The fraction of sp³-hybridized carbons (Fsp3) is 0.500. The summed E-state index contributed by atoms with van der Waals surface area (Å²) in [6, 6.07) is 6.19. The Labute approximate surface area is 239 Å². The number of likely N-dealkylation sites (tertiary alicyclic amines) is 1. The zero-order valence-electron chi connectivity index (χ0n) is 21.9. The van der Waals surface area contributed by atoms with Gasteiger partial charge in [0.1, 0.15) is 5.52 Å². The number of carboxylic acid groups (broad SMARTS) is 1. The number of halogens is 3. The van der Waals surface area contributed by atoms with Crippen LogP contribution in [0.2, 0.25) is 10.0 Å². The Balaban J connectivity index is 0.00000336. The number of aromatic nitrogens is 4. The quantitative estimate of drug-likeness (QED) is 0.325. The Morgan fingerprint density at radius 1 is 1.29 bits per heavy atom. The normalized spacial score (nSPS) is 22.8. The van der Waals surface area contributed by atoms with E-state index < -0.39 is 5.97 Å². The van der Waals surface area contributed by atoms with Gasteiger partial charge in [-0.25, -0.2) is 14.6 Å². The molecule has 7 nitrogen and oxygen atoms in total. The maximum absolute atomic E-state index is 11.1. The van der Waals surface area contributed by atoms with E-state index in [1.807, 2.05) is 29.9 Å². The summed E-state index contributed by atoms with van der Waals surface area (Å²) in [5.74, 6) is -0.261. The molecule has 4 atom stereocenters. The minimum Gasteiger partial charge on any atom is -0.481 e. The number of benzene rings is 1.